The Bertz CT molecular complexity index is 1170. The van der Waals surface area contributed by atoms with E-state index in [1.54, 1.807) is 0 Å². The molecule has 0 spiro atoms. The molecule has 35 heavy (non-hydrogen) atoms. The molecule has 0 saturated carbocycles. The molecule has 1 fully saturated rings. The molecular weight excluding hydrogens is 451 g/mol. The van der Waals surface area contributed by atoms with Crippen molar-refractivity contribution in [1.29, 1.82) is 0 Å². The van der Waals surface area contributed by atoms with Gasteiger partial charge in [0, 0.05) is 67.0 Å². The molecule has 4 nitrogen and oxygen atoms in total. The minimum Gasteiger partial charge on any atom is -0.492 e. The fraction of sp³-hybridized carbons (Fsp3) is 0.500. The Kier molecular flexibility index (Phi) is 6.57. The molecule has 0 radical (unpaired) electrons. The van der Waals surface area contributed by atoms with Crippen molar-refractivity contribution in [3.8, 4) is 5.75 Å². The van der Waals surface area contributed by atoms with E-state index in [2.05, 4.69) is 16.8 Å². The van der Waals surface area contributed by atoms with Crippen LogP contribution in [0.5, 0.6) is 5.75 Å². The summed E-state index contributed by atoms with van der Waals surface area (Å²) in [6, 6.07) is 9.63. The van der Waals surface area contributed by atoms with Crippen LogP contribution >= 0.6 is 0 Å². The lowest BCUT2D eigenvalue weighted by molar-refractivity contribution is 0.0803. The van der Waals surface area contributed by atoms with Crippen LogP contribution in [-0.4, -0.2) is 59.8 Å². The van der Waals surface area contributed by atoms with Gasteiger partial charge in [-0.05, 0) is 37.8 Å². The van der Waals surface area contributed by atoms with Crippen molar-refractivity contribution >= 4 is 10.9 Å². The zero-order valence-electron chi connectivity index (χ0n) is 20.7. The number of para-hydroxylation sites is 1. The molecule has 188 valence electrons. The first kappa shape index (κ1) is 24.2. The Hall–Kier alpha value is -2.51. The van der Waals surface area contributed by atoms with Gasteiger partial charge in [-0.1, -0.05) is 31.5 Å². The molecular formula is C28H34F3N3O. The second kappa shape index (κ2) is 9.51. The number of aromatic nitrogens is 1. The summed E-state index contributed by atoms with van der Waals surface area (Å²) in [4.78, 5) is 7.51. The maximum Gasteiger partial charge on any atom is 0.135 e. The van der Waals surface area contributed by atoms with Crippen molar-refractivity contribution < 1.29 is 17.9 Å². The molecule has 2 aromatic carbocycles. The molecule has 3 aromatic rings. The molecule has 0 aliphatic carbocycles. The molecule has 1 N–H and O–H groups in total. The number of likely N-dealkylation sites (tertiary alicyclic amines) is 1. The van der Waals surface area contributed by atoms with E-state index >= 15 is 8.78 Å². The topological polar surface area (TPSA) is 31.5 Å². The van der Waals surface area contributed by atoms with Crippen molar-refractivity contribution in [1.82, 2.24) is 14.8 Å². The van der Waals surface area contributed by atoms with Gasteiger partial charge < -0.3 is 9.72 Å². The molecule has 7 heteroatoms. The number of rotatable bonds is 8. The SMILES string of the molecule is CCC1CN(CCOc2cc(F)c(C3c4[nH]c5ccccc5c4CCN3CC(C)(C)F)c(F)c2)C1. The predicted molar refractivity (Wildman–Crippen MR) is 133 cm³/mol. The summed E-state index contributed by atoms with van der Waals surface area (Å²) in [6.45, 7) is 8.98. The quantitative estimate of drug-likeness (QED) is 0.434. The van der Waals surface area contributed by atoms with Crippen LogP contribution in [0.4, 0.5) is 13.2 Å². The van der Waals surface area contributed by atoms with Gasteiger partial charge in [0.25, 0.3) is 0 Å². The van der Waals surface area contributed by atoms with Crippen molar-refractivity contribution in [3.05, 3.63) is 64.9 Å². The highest BCUT2D eigenvalue weighted by Gasteiger charge is 2.38. The zero-order chi connectivity index (χ0) is 24.7. The maximum atomic E-state index is 15.5. The normalized spacial score (nSPS) is 19.7. The minimum absolute atomic E-state index is 0.0670. The third kappa shape index (κ3) is 4.94. The van der Waals surface area contributed by atoms with Crippen molar-refractivity contribution in [2.75, 3.05) is 39.3 Å². The van der Waals surface area contributed by atoms with Gasteiger partial charge in [-0.3, -0.25) is 9.80 Å². The number of aromatic amines is 1. The monoisotopic (exact) mass is 485 g/mol. The van der Waals surface area contributed by atoms with Gasteiger partial charge in [0.05, 0.1) is 6.04 Å². The third-order valence-electron chi connectivity index (χ3n) is 7.33. The Morgan fingerprint density at radius 3 is 2.51 bits per heavy atom. The largest absolute Gasteiger partial charge is 0.492 e. The van der Waals surface area contributed by atoms with Crippen LogP contribution in [0.3, 0.4) is 0 Å². The van der Waals surface area contributed by atoms with E-state index in [-0.39, 0.29) is 17.9 Å². The predicted octanol–water partition coefficient (Wildman–Crippen LogP) is 5.86. The number of ether oxygens (including phenoxy) is 1. The lowest BCUT2D eigenvalue weighted by Gasteiger charge is -2.39. The summed E-state index contributed by atoms with van der Waals surface area (Å²) in [6.07, 6.45) is 1.86. The van der Waals surface area contributed by atoms with E-state index in [0.717, 1.165) is 47.7 Å². The van der Waals surface area contributed by atoms with Crippen LogP contribution in [0.25, 0.3) is 10.9 Å². The van der Waals surface area contributed by atoms with Crippen molar-refractivity contribution in [2.45, 2.75) is 45.3 Å². The van der Waals surface area contributed by atoms with Gasteiger partial charge in [0.15, 0.2) is 0 Å². The van der Waals surface area contributed by atoms with Crippen molar-refractivity contribution in [3.63, 3.8) is 0 Å². The van der Waals surface area contributed by atoms with Crippen LogP contribution in [-0.2, 0) is 6.42 Å². The van der Waals surface area contributed by atoms with Crippen LogP contribution in [0.1, 0.15) is 50.1 Å². The fourth-order valence-electron chi connectivity index (χ4n) is 5.59. The smallest absolute Gasteiger partial charge is 0.135 e. The first-order valence-electron chi connectivity index (χ1n) is 12.6. The van der Waals surface area contributed by atoms with Gasteiger partial charge in [0.1, 0.15) is 29.7 Å². The molecule has 2 aliphatic heterocycles. The third-order valence-corrected chi connectivity index (χ3v) is 7.33. The zero-order valence-corrected chi connectivity index (χ0v) is 20.7. The highest BCUT2D eigenvalue weighted by atomic mass is 19.1. The van der Waals surface area contributed by atoms with E-state index in [1.807, 2.05) is 29.2 Å². The van der Waals surface area contributed by atoms with Crippen molar-refractivity contribution in [2.24, 2.45) is 5.92 Å². The second-order valence-electron chi connectivity index (χ2n) is 10.6. The van der Waals surface area contributed by atoms with E-state index in [0.29, 0.717) is 19.6 Å². The number of alkyl halides is 1. The highest BCUT2D eigenvalue weighted by Crippen LogP contribution is 2.41. The summed E-state index contributed by atoms with van der Waals surface area (Å²) in [5, 5.41) is 1.05. The van der Waals surface area contributed by atoms with E-state index in [1.165, 1.54) is 32.4 Å². The maximum absolute atomic E-state index is 15.5. The molecule has 5 rings (SSSR count). The first-order valence-corrected chi connectivity index (χ1v) is 12.6. The van der Waals surface area contributed by atoms with Crippen LogP contribution in [0.15, 0.2) is 36.4 Å². The van der Waals surface area contributed by atoms with E-state index in [4.69, 9.17) is 4.74 Å². The number of H-pyrrole nitrogens is 1. The second-order valence-corrected chi connectivity index (χ2v) is 10.6. The summed E-state index contributed by atoms with van der Waals surface area (Å²) >= 11 is 0. The van der Waals surface area contributed by atoms with Gasteiger partial charge in [-0.15, -0.1) is 0 Å². The Labute approximate surface area is 205 Å². The van der Waals surface area contributed by atoms with Gasteiger partial charge in [-0.25, -0.2) is 13.2 Å². The first-order chi connectivity index (χ1) is 16.7. The molecule has 1 aromatic heterocycles. The van der Waals surface area contributed by atoms with Gasteiger partial charge >= 0.3 is 0 Å². The number of fused-ring (bicyclic) bond motifs is 3. The number of hydrogen-bond acceptors (Lipinski definition) is 3. The van der Waals surface area contributed by atoms with Crippen LogP contribution < -0.4 is 4.74 Å². The lowest BCUT2D eigenvalue weighted by Crippen LogP contribution is -2.47. The summed E-state index contributed by atoms with van der Waals surface area (Å²) in [7, 11) is 0. The Balaban J connectivity index is 1.44. The van der Waals surface area contributed by atoms with Crippen LogP contribution in [0, 0.1) is 17.6 Å². The molecule has 0 amide bonds. The molecule has 2 aliphatic rings. The van der Waals surface area contributed by atoms with Gasteiger partial charge in [0.2, 0.25) is 0 Å². The number of halogens is 3. The highest BCUT2D eigenvalue weighted by molar-refractivity contribution is 5.85. The number of nitrogens with zero attached hydrogens (tertiary/aromatic N) is 2. The lowest BCUT2D eigenvalue weighted by atomic mass is 9.90. The average molecular weight is 486 g/mol. The molecule has 3 heterocycles. The molecule has 0 bridgehead atoms. The van der Waals surface area contributed by atoms with E-state index in [9.17, 15) is 4.39 Å². The van der Waals surface area contributed by atoms with E-state index < -0.39 is 23.3 Å². The Morgan fingerprint density at radius 1 is 1.11 bits per heavy atom. The molecule has 1 atom stereocenters. The average Bonchev–Trinajstić information content (AvgIpc) is 3.14. The standard InChI is InChI=1S/C28H34F3N3O/c1-4-18-15-33(16-18)11-12-35-19-13-22(29)25(23(30)14-19)27-26-21(9-10-34(27)17-28(2,3)31)20-7-5-6-8-24(20)32-26/h5-8,13-14,18,27,32H,4,9-12,15-17H2,1-3H3. The summed E-state index contributed by atoms with van der Waals surface area (Å²) < 4.78 is 51.5. The number of benzene rings is 2. The summed E-state index contributed by atoms with van der Waals surface area (Å²) in [5.74, 6) is -0.422. The molecule has 1 unspecified atom stereocenters. The van der Waals surface area contributed by atoms with Crippen LogP contribution in [0.2, 0.25) is 0 Å². The summed E-state index contributed by atoms with van der Waals surface area (Å²) in [5.41, 5.74) is 1.11. The Morgan fingerprint density at radius 2 is 1.83 bits per heavy atom. The number of nitrogens with one attached hydrogen (secondary N) is 1. The number of hydrogen-bond donors (Lipinski definition) is 1. The van der Waals surface area contributed by atoms with Gasteiger partial charge in [-0.2, -0.15) is 0 Å². The minimum atomic E-state index is -1.51. The fourth-order valence-corrected chi connectivity index (χ4v) is 5.59. The molecule has 1 saturated heterocycles.